The highest BCUT2D eigenvalue weighted by Crippen LogP contribution is 2.15. The van der Waals surface area contributed by atoms with Crippen molar-refractivity contribution in [3.8, 4) is 0 Å². The van der Waals surface area contributed by atoms with Gasteiger partial charge in [0.05, 0.1) is 0 Å². The van der Waals surface area contributed by atoms with Crippen LogP contribution in [0.25, 0.3) is 0 Å². The van der Waals surface area contributed by atoms with Gasteiger partial charge in [-0.15, -0.1) is 0 Å². The van der Waals surface area contributed by atoms with Crippen LogP contribution < -0.4 is 0 Å². The summed E-state index contributed by atoms with van der Waals surface area (Å²) in [6, 6.07) is 0. The van der Waals surface area contributed by atoms with Gasteiger partial charge < -0.3 is 4.74 Å². The summed E-state index contributed by atoms with van der Waals surface area (Å²) < 4.78 is 4.72. The van der Waals surface area contributed by atoms with Gasteiger partial charge >= 0.3 is 0 Å². The van der Waals surface area contributed by atoms with Crippen LogP contribution in [0, 0.1) is 0 Å². The first-order valence-corrected chi connectivity index (χ1v) is 5.58. The van der Waals surface area contributed by atoms with Gasteiger partial charge in [-0.1, -0.05) is 68.2 Å². The highest BCUT2D eigenvalue weighted by atomic mass is 16.5. The lowest BCUT2D eigenvalue weighted by Gasteiger charge is -2.09. The Morgan fingerprint density at radius 3 is 0.714 bits per heavy atom. The van der Waals surface area contributed by atoms with Crippen molar-refractivity contribution in [2.45, 2.75) is 74.7 Å². The fourth-order valence-electron chi connectivity index (χ4n) is 0.394. The van der Waals surface area contributed by atoms with Gasteiger partial charge in [0.25, 0.3) is 0 Å². The van der Waals surface area contributed by atoms with Crippen LogP contribution in [0.1, 0.15) is 74.7 Å². The van der Waals surface area contributed by atoms with Crippen LogP contribution in [0.3, 0.4) is 0 Å². The monoisotopic (exact) mass is 206 g/mol. The lowest BCUT2D eigenvalue weighted by Crippen LogP contribution is -2.09. The molecule has 0 aromatic rings. The molecule has 0 amide bonds. The maximum absolute atomic E-state index is 4.72. The van der Waals surface area contributed by atoms with Crippen molar-refractivity contribution >= 4 is 0 Å². The molecule has 2 fully saturated rings. The van der Waals surface area contributed by atoms with E-state index in [0.29, 0.717) is 0 Å². The Labute approximate surface area is 93.2 Å². The highest BCUT2D eigenvalue weighted by Gasteiger charge is 1.95. The van der Waals surface area contributed by atoms with Crippen molar-refractivity contribution in [1.82, 2.24) is 0 Å². The summed E-state index contributed by atoms with van der Waals surface area (Å²) in [5.41, 5.74) is 0. The molecule has 14 heavy (non-hydrogen) atoms. The quantitative estimate of drug-likeness (QED) is 0.523. The molecule has 0 N–H and O–H groups in total. The standard InChI is InChI=1S/C4H8.C3H6O.2C2H6.2CH4/c2*1-2-4-3-1;2*1-2;;/h1-4H2;1-3H2;2*1-2H3;2*1H4. The van der Waals surface area contributed by atoms with Crippen molar-refractivity contribution in [2.24, 2.45) is 0 Å². The Morgan fingerprint density at radius 1 is 0.571 bits per heavy atom. The van der Waals surface area contributed by atoms with Crippen LogP contribution in [0.5, 0.6) is 0 Å². The summed E-state index contributed by atoms with van der Waals surface area (Å²) in [5, 5.41) is 0. The zero-order chi connectivity index (χ0) is 9.66. The summed E-state index contributed by atoms with van der Waals surface area (Å²) in [6.45, 7) is 10.0. The van der Waals surface area contributed by atoms with Crippen molar-refractivity contribution in [3.63, 3.8) is 0 Å². The molecular formula is C13H34O. The highest BCUT2D eigenvalue weighted by molar-refractivity contribution is 4.50. The zero-order valence-corrected chi connectivity index (χ0v) is 9.36. The Hall–Kier alpha value is -0.0400. The summed E-state index contributed by atoms with van der Waals surface area (Å²) in [5.74, 6) is 0. The van der Waals surface area contributed by atoms with Gasteiger partial charge in [0, 0.05) is 13.2 Å². The molecule has 0 bridgehead atoms. The Morgan fingerprint density at radius 2 is 0.714 bits per heavy atom. The van der Waals surface area contributed by atoms with Crippen LogP contribution in [-0.2, 0) is 4.74 Å². The SMILES string of the molecule is C.C.C1CCC1.C1COC1.CC.CC. The Kier molecular flexibility index (Phi) is 49.4. The predicted molar refractivity (Wildman–Crippen MR) is 70.1 cm³/mol. The smallest absolute Gasteiger partial charge is 0.0488 e. The van der Waals surface area contributed by atoms with Crippen LogP contribution in [0.4, 0.5) is 0 Å². The van der Waals surface area contributed by atoms with E-state index in [-0.39, 0.29) is 14.9 Å². The van der Waals surface area contributed by atoms with Crippen molar-refractivity contribution < 1.29 is 4.74 Å². The second kappa shape index (κ2) is 29.3. The van der Waals surface area contributed by atoms with Crippen molar-refractivity contribution in [1.29, 1.82) is 0 Å². The molecule has 0 spiro atoms. The van der Waals surface area contributed by atoms with Crippen LogP contribution in [0.2, 0.25) is 0 Å². The molecule has 2 aliphatic rings. The van der Waals surface area contributed by atoms with Crippen LogP contribution in [0.15, 0.2) is 0 Å². The first-order valence-electron chi connectivity index (χ1n) is 5.58. The lowest BCUT2D eigenvalue weighted by molar-refractivity contribution is 0.0367. The molecule has 1 aliphatic carbocycles. The topological polar surface area (TPSA) is 9.23 Å². The molecule has 2 rings (SSSR count). The molecule has 1 nitrogen and oxygen atoms in total. The second-order valence-corrected chi connectivity index (χ2v) is 2.38. The third kappa shape index (κ3) is 22.7. The van der Waals surface area contributed by atoms with Crippen molar-refractivity contribution in [3.05, 3.63) is 0 Å². The van der Waals surface area contributed by atoms with Crippen LogP contribution in [-0.4, -0.2) is 13.2 Å². The summed E-state index contributed by atoms with van der Waals surface area (Å²) in [7, 11) is 0. The zero-order valence-electron chi connectivity index (χ0n) is 9.36. The van der Waals surface area contributed by atoms with Gasteiger partial charge in [-0.2, -0.15) is 0 Å². The average Bonchev–Trinajstić information content (AvgIpc) is 1.88. The minimum atomic E-state index is 0. The minimum Gasteiger partial charge on any atom is -0.381 e. The van der Waals surface area contributed by atoms with E-state index in [1.54, 1.807) is 0 Å². The van der Waals surface area contributed by atoms with Gasteiger partial charge in [0.1, 0.15) is 0 Å². The Bertz CT molecular complexity index is 29.2. The fraction of sp³-hybridized carbons (Fsp3) is 1.00. The van der Waals surface area contributed by atoms with E-state index >= 15 is 0 Å². The largest absolute Gasteiger partial charge is 0.381 e. The maximum atomic E-state index is 4.72. The van der Waals surface area contributed by atoms with Crippen LogP contribution >= 0.6 is 0 Å². The normalized spacial score (nSPS) is 14.6. The summed E-state index contributed by atoms with van der Waals surface area (Å²) in [6.07, 6.45) is 7.28. The predicted octanol–water partition coefficient (Wildman–Crippen LogP) is 5.29. The van der Waals surface area contributed by atoms with E-state index in [9.17, 15) is 0 Å². The molecule has 1 heteroatoms. The minimum absolute atomic E-state index is 0. The van der Waals surface area contributed by atoms with E-state index in [4.69, 9.17) is 4.74 Å². The molecule has 1 heterocycles. The van der Waals surface area contributed by atoms with E-state index in [1.807, 2.05) is 27.7 Å². The molecule has 0 unspecified atom stereocenters. The van der Waals surface area contributed by atoms with E-state index < -0.39 is 0 Å². The number of ether oxygens (including phenoxy) is 1. The van der Waals surface area contributed by atoms with E-state index in [0.717, 1.165) is 13.2 Å². The average molecular weight is 206 g/mol. The maximum Gasteiger partial charge on any atom is 0.0488 e. The molecule has 0 aromatic heterocycles. The summed E-state index contributed by atoms with van der Waals surface area (Å²) in [4.78, 5) is 0. The third-order valence-corrected chi connectivity index (χ3v) is 1.58. The molecular weight excluding hydrogens is 172 g/mol. The fourth-order valence-corrected chi connectivity index (χ4v) is 0.394. The van der Waals surface area contributed by atoms with E-state index in [1.165, 1.54) is 32.1 Å². The molecule has 1 saturated carbocycles. The first kappa shape index (κ1) is 23.6. The lowest BCUT2D eigenvalue weighted by atomic mass is 10.0. The summed E-state index contributed by atoms with van der Waals surface area (Å²) >= 11 is 0. The molecule has 0 atom stereocenters. The van der Waals surface area contributed by atoms with Gasteiger partial charge in [0.15, 0.2) is 0 Å². The Balaban J connectivity index is -0.0000000483. The number of hydrogen-bond acceptors (Lipinski definition) is 1. The second-order valence-electron chi connectivity index (χ2n) is 2.38. The van der Waals surface area contributed by atoms with E-state index in [2.05, 4.69) is 0 Å². The van der Waals surface area contributed by atoms with Crippen molar-refractivity contribution in [2.75, 3.05) is 13.2 Å². The van der Waals surface area contributed by atoms with Gasteiger partial charge in [-0.3, -0.25) is 0 Å². The molecule has 92 valence electrons. The number of hydrogen-bond donors (Lipinski definition) is 0. The molecule has 1 aliphatic heterocycles. The van der Waals surface area contributed by atoms with Gasteiger partial charge in [0.2, 0.25) is 0 Å². The molecule has 0 aromatic carbocycles. The van der Waals surface area contributed by atoms with Gasteiger partial charge in [-0.25, -0.2) is 0 Å². The first-order chi connectivity index (χ1) is 6.00. The van der Waals surface area contributed by atoms with Gasteiger partial charge in [-0.05, 0) is 6.42 Å². The number of rotatable bonds is 0. The third-order valence-electron chi connectivity index (χ3n) is 1.58. The molecule has 1 saturated heterocycles. The molecule has 0 radical (unpaired) electrons.